The largest absolute Gasteiger partial charge is 0.371 e. The van der Waals surface area contributed by atoms with Crippen molar-refractivity contribution in [1.29, 1.82) is 0 Å². The Labute approximate surface area is 244 Å². The lowest BCUT2D eigenvalue weighted by Gasteiger charge is -2.35. The summed E-state index contributed by atoms with van der Waals surface area (Å²) in [4.78, 5) is 5.08. The summed E-state index contributed by atoms with van der Waals surface area (Å²) in [5, 5.41) is 5.25. The van der Waals surface area contributed by atoms with Crippen LogP contribution in [-0.2, 0) is 23.0 Å². The molecule has 2 aliphatic heterocycles. The number of fused-ring (bicyclic) bond motifs is 6. The molecule has 216 valence electrons. The SMILES string of the molecule is CCCCCN1CCCc2cc(-c3cc4c(c5ccccc35)N(CCCCS(=O)(=O)O)CCC4)c3ccccc3c21. The second-order valence-corrected chi connectivity index (χ2v) is 13.4. The predicted molar refractivity (Wildman–Crippen MR) is 173 cm³/mol. The van der Waals surface area contributed by atoms with Crippen LogP contribution in [-0.4, -0.2) is 44.9 Å². The summed E-state index contributed by atoms with van der Waals surface area (Å²) in [6, 6.07) is 22.7. The second-order valence-electron chi connectivity index (χ2n) is 11.8. The number of benzene rings is 4. The molecule has 5 nitrogen and oxygen atoms in total. The molecular formula is C35H42N2O3S. The Morgan fingerprint density at radius 1 is 0.683 bits per heavy atom. The van der Waals surface area contributed by atoms with Crippen molar-refractivity contribution in [2.45, 2.75) is 64.7 Å². The van der Waals surface area contributed by atoms with Crippen LogP contribution in [0.2, 0.25) is 0 Å². The van der Waals surface area contributed by atoms with E-state index in [1.165, 1.54) is 80.9 Å². The summed E-state index contributed by atoms with van der Waals surface area (Å²) >= 11 is 0. The first-order valence-electron chi connectivity index (χ1n) is 15.5. The molecular weight excluding hydrogens is 528 g/mol. The summed E-state index contributed by atoms with van der Waals surface area (Å²) in [6.07, 6.45) is 9.43. The van der Waals surface area contributed by atoms with Gasteiger partial charge in [-0.15, -0.1) is 0 Å². The van der Waals surface area contributed by atoms with Crippen LogP contribution >= 0.6 is 0 Å². The molecule has 4 aromatic carbocycles. The van der Waals surface area contributed by atoms with E-state index < -0.39 is 10.1 Å². The quantitative estimate of drug-likeness (QED) is 0.155. The minimum Gasteiger partial charge on any atom is -0.371 e. The van der Waals surface area contributed by atoms with Gasteiger partial charge in [-0.25, -0.2) is 0 Å². The third-order valence-electron chi connectivity index (χ3n) is 8.97. The van der Waals surface area contributed by atoms with Gasteiger partial charge in [-0.1, -0.05) is 68.3 Å². The molecule has 0 bridgehead atoms. The molecule has 1 N–H and O–H groups in total. The van der Waals surface area contributed by atoms with E-state index in [0.29, 0.717) is 6.42 Å². The molecule has 0 aromatic heterocycles. The molecule has 0 aliphatic carbocycles. The van der Waals surface area contributed by atoms with Gasteiger partial charge in [0.1, 0.15) is 0 Å². The highest BCUT2D eigenvalue weighted by molar-refractivity contribution is 7.85. The molecule has 2 aliphatic rings. The Hall–Kier alpha value is -3.09. The number of hydrogen-bond acceptors (Lipinski definition) is 4. The van der Waals surface area contributed by atoms with E-state index in [0.717, 1.165) is 51.9 Å². The fourth-order valence-electron chi connectivity index (χ4n) is 7.14. The van der Waals surface area contributed by atoms with Crippen molar-refractivity contribution in [3.8, 4) is 11.1 Å². The molecule has 6 rings (SSSR count). The van der Waals surface area contributed by atoms with Crippen LogP contribution in [0.3, 0.4) is 0 Å². The van der Waals surface area contributed by atoms with Crippen molar-refractivity contribution < 1.29 is 13.0 Å². The number of aryl methyl sites for hydroxylation is 2. The summed E-state index contributed by atoms with van der Waals surface area (Å²) < 4.78 is 31.6. The Morgan fingerprint density at radius 3 is 1.61 bits per heavy atom. The predicted octanol–water partition coefficient (Wildman–Crippen LogP) is 8.02. The lowest BCUT2D eigenvalue weighted by Crippen LogP contribution is -2.31. The molecule has 0 spiro atoms. The van der Waals surface area contributed by atoms with E-state index in [1.807, 2.05) is 0 Å². The van der Waals surface area contributed by atoms with Gasteiger partial charge in [-0.05, 0) is 90.1 Å². The van der Waals surface area contributed by atoms with E-state index in [4.69, 9.17) is 4.55 Å². The summed E-state index contributed by atoms with van der Waals surface area (Å²) in [5.41, 5.74) is 8.25. The van der Waals surface area contributed by atoms with Gasteiger partial charge < -0.3 is 9.80 Å². The summed E-state index contributed by atoms with van der Waals surface area (Å²) in [5.74, 6) is -0.172. The first kappa shape index (κ1) is 28.0. The third-order valence-corrected chi connectivity index (χ3v) is 9.78. The number of anilines is 2. The standard InChI is InChI=1S/C35H42N2O3S/c1-2-3-8-19-36-21-11-13-26-24-32(28-15-4-6-17-30(28)34(26)36)33-25-27-14-12-22-37(20-9-10-23-41(38,39)40)35(27)31-18-7-5-16-29(31)33/h4-7,15-18,24-25H,2-3,8-14,19-23H2,1H3,(H,38,39,40). The van der Waals surface area contributed by atoms with Crippen LogP contribution in [0.15, 0.2) is 60.7 Å². The van der Waals surface area contributed by atoms with Crippen molar-refractivity contribution in [3.05, 3.63) is 71.8 Å². The first-order valence-corrected chi connectivity index (χ1v) is 17.1. The van der Waals surface area contributed by atoms with Crippen molar-refractivity contribution in [2.75, 3.05) is 41.7 Å². The molecule has 6 heteroatoms. The Balaban J connectivity index is 1.45. The van der Waals surface area contributed by atoms with E-state index in [2.05, 4.69) is 77.4 Å². The van der Waals surface area contributed by atoms with Gasteiger partial charge in [-0.3, -0.25) is 4.55 Å². The fourth-order valence-corrected chi connectivity index (χ4v) is 7.71. The van der Waals surface area contributed by atoms with Crippen LogP contribution in [0.5, 0.6) is 0 Å². The minimum absolute atomic E-state index is 0.172. The van der Waals surface area contributed by atoms with Crippen molar-refractivity contribution in [3.63, 3.8) is 0 Å². The average molecular weight is 571 g/mol. The third kappa shape index (κ3) is 5.82. The Bertz CT molecular complexity index is 1660. The molecule has 2 heterocycles. The van der Waals surface area contributed by atoms with Crippen LogP contribution in [0.4, 0.5) is 11.4 Å². The van der Waals surface area contributed by atoms with Crippen LogP contribution in [0.25, 0.3) is 32.7 Å². The van der Waals surface area contributed by atoms with Gasteiger partial charge in [0.2, 0.25) is 0 Å². The first-order chi connectivity index (χ1) is 19.9. The zero-order valence-electron chi connectivity index (χ0n) is 24.2. The zero-order valence-corrected chi connectivity index (χ0v) is 25.1. The van der Waals surface area contributed by atoms with Gasteiger partial charge >= 0.3 is 0 Å². The van der Waals surface area contributed by atoms with Crippen molar-refractivity contribution >= 4 is 43.0 Å². The normalized spacial score (nSPS) is 15.4. The molecule has 4 aromatic rings. The summed E-state index contributed by atoms with van der Waals surface area (Å²) in [6.45, 7) is 6.31. The maximum atomic E-state index is 11.2. The van der Waals surface area contributed by atoms with Crippen LogP contribution < -0.4 is 9.80 Å². The molecule has 41 heavy (non-hydrogen) atoms. The second kappa shape index (κ2) is 12.0. The average Bonchev–Trinajstić information content (AvgIpc) is 2.98. The molecule has 0 saturated carbocycles. The zero-order chi connectivity index (χ0) is 28.4. The monoisotopic (exact) mass is 570 g/mol. The number of rotatable bonds is 10. The lowest BCUT2D eigenvalue weighted by atomic mass is 9.85. The minimum atomic E-state index is -3.91. The van der Waals surface area contributed by atoms with Gasteiger partial charge in [-0.2, -0.15) is 8.42 Å². The Kier molecular flexibility index (Phi) is 8.23. The molecule has 0 saturated heterocycles. The lowest BCUT2D eigenvalue weighted by molar-refractivity contribution is 0.480. The molecule has 0 amide bonds. The molecule has 0 unspecified atom stereocenters. The highest BCUT2D eigenvalue weighted by Gasteiger charge is 2.25. The van der Waals surface area contributed by atoms with Crippen molar-refractivity contribution in [1.82, 2.24) is 0 Å². The molecule has 0 radical (unpaired) electrons. The maximum absolute atomic E-state index is 11.2. The van der Waals surface area contributed by atoms with E-state index in [9.17, 15) is 8.42 Å². The highest BCUT2D eigenvalue weighted by Crippen LogP contribution is 2.46. The van der Waals surface area contributed by atoms with Crippen LogP contribution in [0, 0.1) is 0 Å². The number of unbranched alkanes of at least 4 members (excludes halogenated alkanes) is 3. The molecule has 0 fully saturated rings. The van der Waals surface area contributed by atoms with Gasteiger partial charge in [0.05, 0.1) is 5.75 Å². The van der Waals surface area contributed by atoms with Gasteiger partial charge in [0, 0.05) is 48.3 Å². The van der Waals surface area contributed by atoms with E-state index in [-0.39, 0.29) is 5.75 Å². The van der Waals surface area contributed by atoms with Crippen molar-refractivity contribution in [2.24, 2.45) is 0 Å². The van der Waals surface area contributed by atoms with Gasteiger partial charge in [0.25, 0.3) is 10.1 Å². The highest BCUT2D eigenvalue weighted by atomic mass is 32.2. The van der Waals surface area contributed by atoms with Crippen LogP contribution in [0.1, 0.15) is 63.0 Å². The summed E-state index contributed by atoms with van der Waals surface area (Å²) in [7, 11) is -3.91. The van der Waals surface area contributed by atoms with Gasteiger partial charge in [0.15, 0.2) is 0 Å². The van der Waals surface area contributed by atoms with E-state index in [1.54, 1.807) is 0 Å². The number of nitrogens with zero attached hydrogens (tertiary/aromatic N) is 2. The maximum Gasteiger partial charge on any atom is 0.264 e. The number of hydrogen-bond donors (Lipinski definition) is 1. The smallest absolute Gasteiger partial charge is 0.264 e. The fraction of sp³-hybridized carbons (Fsp3) is 0.429. The Morgan fingerprint density at radius 2 is 1.15 bits per heavy atom. The topological polar surface area (TPSA) is 60.9 Å². The van der Waals surface area contributed by atoms with E-state index >= 15 is 0 Å². The molecule has 0 atom stereocenters.